The summed E-state index contributed by atoms with van der Waals surface area (Å²) in [6.07, 6.45) is 6.02. The van der Waals surface area contributed by atoms with E-state index in [0.29, 0.717) is 29.2 Å². The standard InChI is InChI=1S/C34H42N2O6.C2H6/c1-5-6-7-8-9-22-40-28-20-14-26(15-21-28)32(38)41-29-18-10-24(11-19-29)23-30(33(39)42-34(2,3)4)36-31(37)25-12-16-27(35)17-13-25;1-2/h10-21,30H,5-9,22-23,35H2,1-4H3,(H,36,37);1-2H3. The Hall–Kier alpha value is -4.33. The smallest absolute Gasteiger partial charge is 0.343 e. The number of rotatable bonds is 14. The molecule has 44 heavy (non-hydrogen) atoms. The third-order valence-corrected chi connectivity index (χ3v) is 6.35. The Labute approximate surface area is 262 Å². The molecule has 0 aliphatic carbocycles. The van der Waals surface area contributed by atoms with Gasteiger partial charge in [0.15, 0.2) is 0 Å². The first-order valence-corrected chi connectivity index (χ1v) is 15.5. The van der Waals surface area contributed by atoms with Gasteiger partial charge in [-0.15, -0.1) is 0 Å². The largest absolute Gasteiger partial charge is 0.494 e. The number of carbonyl (C=O) groups is 3. The maximum absolute atomic E-state index is 13.0. The zero-order valence-electron chi connectivity index (χ0n) is 27.0. The molecule has 238 valence electrons. The van der Waals surface area contributed by atoms with E-state index in [4.69, 9.17) is 19.9 Å². The molecule has 8 nitrogen and oxygen atoms in total. The SMILES string of the molecule is CC.CCCCCCCOc1ccc(C(=O)Oc2ccc(CC(NC(=O)c3ccc(N)cc3)C(=O)OC(C)(C)C)cc2)cc1. The Morgan fingerprint density at radius 3 is 1.93 bits per heavy atom. The van der Waals surface area contributed by atoms with Crippen molar-refractivity contribution in [1.82, 2.24) is 5.32 Å². The minimum Gasteiger partial charge on any atom is -0.494 e. The Bertz CT molecular complexity index is 1300. The van der Waals surface area contributed by atoms with Gasteiger partial charge < -0.3 is 25.3 Å². The molecule has 0 aliphatic heterocycles. The normalized spacial score (nSPS) is 11.4. The highest BCUT2D eigenvalue weighted by Crippen LogP contribution is 2.19. The van der Waals surface area contributed by atoms with Crippen LogP contribution in [0.15, 0.2) is 72.8 Å². The molecule has 3 aromatic carbocycles. The van der Waals surface area contributed by atoms with Crippen LogP contribution >= 0.6 is 0 Å². The minimum atomic E-state index is -0.931. The summed E-state index contributed by atoms with van der Waals surface area (Å²) < 4.78 is 16.8. The second-order valence-electron chi connectivity index (χ2n) is 11.2. The molecule has 1 atom stereocenters. The van der Waals surface area contributed by atoms with Gasteiger partial charge in [0.1, 0.15) is 23.1 Å². The van der Waals surface area contributed by atoms with E-state index >= 15 is 0 Å². The molecule has 0 heterocycles. The Morgan fingerprint density at radius 2 is 1.34 bits per heavy atom. The first-order valence-electron chi connectivity index (χ1n) is 15.5. The van der Waals surface area contributed by atoms with Crippen LogP contribution in [0.3, 0.4) is 0 Å². The average molecular weight is 605 g/mol. The predicted octanol–water partition coefficient (Wildman–Crippen LogP) is 7.55. The van der Waals surface area contributed by atoms with Crippen LogP contribution < -0.4 is 20.5 Å². The zero-order chi connectivity index (χ0) is 32.5. The molecule has 1 amide bonds. The molecular formula is C36H48N2O6. The van der Waals surface area contributed by atoms with Gasteiger partial charge in [-0.3, -0.25) is 4.79 Å². The molecule has 0 bridgehead atoms. The second-order valence-corrected chi connectivity index (χ2v) is 11.2. The Kier molecular flexibility index (Phi) is 15.0. The molecule has 3 aromatic rings. The van der Waals surface area contributed by atoms with E-state index in [-0.39, 0.29) is 6.42 Å². The van der Waals surface area contributed by atoms with Crippen LogP contribution in [-0.4, -0.2) is 36.1 Å². The maximum Gasteiger partial charge on any atom is 0.343 e. The van der Waals surface area contributed by atoms with Gasteiger partial charge in [-0.05, 0) is 93.4 Å². The van der Waals surface area contributed by atoms with Crippen LogP contribution in [0.1, 0.15) is 99.9 Å². The van der Waals surface area contributed by atoms with Crippen molar-refractivity contribution in [3.63, 3.8) is 0 Å². The van der Waals surface area contributed by atoms with Crippen molar-refractivity contribution in [3.05, 3.63) is 89.5 Å². The third kappa shape index (κ3) is 12.9. The van der Waals surface area contributed by atoms with Crippen LogP contribution in [0.2, 0.25) is 0 Å². The van der Waals surface area contributed by atoms with Gasteiger partial charge in [0, 0.05) is 17.7 Å². The molecule has 0 saturated carbocycles. The molecule has 0 saturated heterocycles. The van der Waals surface area contributed by atoms with Crippen LogP contribution in [0.4, 0.5) is 5.69 Å². The number of hydrogen-bond donors (Lipinski definition) is 2. The van der Waals surface area contributed by atoms with Crippen molar-refractivity contribution in [3.8, 4) is 11.5 Å². The van der Waals surface area contributed by atoms with Crippen molar-refractivity contribution >= 4 is 23.5 Å². The van der Waals surface area contributed by atoms with Crippen LogP contribution in [0.5, 0.6) is 11.5 Å². The maximum atomic E-state index is 13.0. The van der Waals surface area contributed by atoms with Gasteiger partial charge in [0.2, 0.25) is 0 Å². The molecule has 0 fully saturated rings. The number of nitrogens with two attached hydrogens (primary N) is 1. The van der Waals surface area contributed by atoms with E-state index in [1.807, 2.05) is 13.8 Å². The fourth-order valence-corrected chi connectivity index (χ4v) is 4.12. The van der Waals surface area contributed by atoms with Gasteiger partial charge in [0.25, 0.3) is 5.91 Å². The van der Waals surface area contributed by atoms with Crippen LogP contribution in [-0.2, 0) is 16.0 Å². The minimum absolute atomic E-state index is 0.184. The number of nitrogen functional groups attached to an aromatic ring is 1. The molecule has 0 spiro atoms. The first kappa shape index (κ1) is 35.9. The first-order chi connectivity index (χ1) is 21.0. The van der Waals surface area contributed by atoms with E-state index in [1.54, 1.807) is 93.6 Å². The van der Waals surface area contributed by atoms with Crippen molar-refractivity contribution in [1.29, 1.82) is 0 Å². The summed E-state index contributed by atoms with van der Waals surface area (Å²) in [5.74, 6) is -0.382. The Morgan fingerprint density at radius 1 is 0.773 bits per heavy atom. The molecule has 8 heteroatoms. The highest BCUT2D eigenvalue weighted by molar-refractivity contribution is 5.97. The number of ether oxygens (including phenoxy) is 3. The van der Waals surface area contributed by atoms with Gasteiger partial charge in [0.05, 0.1) is 12.2 Å². The topological polar surface area (TPSA) is 117 Å². The van der Waals surface area contributed by atoms with E-state index in [0.717, 1.165) is 24.2 Å². The van der Waals surface area contributed by atoms with E-state index in [1.165, 1.54) is 19.3 Å². The predicted molar refractivity (Wildman–Crippen MR) is 175 cm³/mol. The lowest BCUT2D eigenvalue weighted by molar-refractivity contribution is -0.157. The summed E-state index contributed by atoms with van der Waals surface area (Å²) in [6, 6.07) is 19.2. The van der Waals surface area contributed by atoms with Crippen molar-refractivity contribution in [2.45, 2.75) is 91.7 Å². The molecule has 3 rings (SSSR count). The number of amides is 1. The van der Waals surface area contributed by atoms with Gasteiger partial charge in [-0.2, -0.15) is 0 Å². The van der Waals surface area contributed by atoms with E-state index in [2.05, 4.69) is 12.2 Å². The zero-order valence-corrected chi connectivity index (χ0v) is 27.0. The number of carbonyl (C=O) groups excluding carboxylic acids is 3. The van der Waals surface area contributed by atoms with E-state index in [9.17, 15) is 14.4 Å². The number of nitrogens with one attached hydrogen (secondary N) is 1. The van der Waals surface area contributed by atoms with Crippen LogP contribution in [0.25, 0.3) is 0 Å². The van der Waals surface area contributed by atoms with Crippen molar-refractivity contribution in [2.24, 2.45) is 0 Å². The summed E-state index contributed by atoms with van der Waals surface area (Å²) in [7, 11) is 0. The molecule has 0 aromatic heterocycles. The molecule has 3 N–H and O–H groups in total. The Balaban J connectivity index is 0.00000330. The molecule has 1 unspecified atom stereocenters. The lowest BCUT2D eigenvalue weighted by Crippen LogP contribution is -2.45. The highest BCUT2D eigenvalue weighted by atomic mass is 16.6. The summed E-state index contributed by atoms with van der Waals surface area (Å²) >= 11 is 0. The van der Waals surface area contributed by atoms with Crippen molar-refractivity contribution in [2.75, 3.05) is 12.3 Å². The number of anilines is 1. The quantitative estimate of drug-likeness (QED) is 0.0845. The lowest BCUT2D eigenvalue weighted by atomic mass is 10.0. The second kappa shape index (κ2) is 18.4. The number of esters is 2. The summed E-state index contributed by atoms with van der Waals surface area (Å²) in [5, 5.41) is 2.77. The van der Waals surface area contributed by atoms with Gasteiger partial charge in [-0.1, -0.05) is 58.6 Å². The lowest BCUT2D eigenvalue weighted by Gasteiger charge is -2.25. The van der Waals surface area contributed by atoms with Crippen LogP contribution in [0, 0.1) is 0 Å². The fraction of sp³-hybridized carbons (Fsp3) is 0.417. The average Bonchev–Trinajstić information content (AvgIpc) is 3.00. The summed E-state index contributed by atoms with van der Waals surface area (Å²) in [5.41, 5.74) is 7.06. The molecule has 0 radical (unpaired) electrons. The van der Waals surface area contributed by atoms with Gasteiger partial charge in [-0.25, -0.2) is 9.59 Å². The monoisotopic (exact) mass is 604 g/mol. The number of unbranched alkanes of at least 4 members (excludes halogenated alkanes) is 4. The summed E-state index contributed by atoms with van der Waals surface area (Å²) in [4.78, 5) is 38.5. The highest BCUT2D eigenvalue weighted by Gasteiger charge is 2.27. The number of benzene rings is 3. The summed E-state index contributed by atoms with van der Waals surface area (Å²) in [6.45, 7) is 12.1. The molecular weight excluding hydrogens is 556 g/mol. The van der Waals surface area contributed by atoms with E-state index < -0.39 is 29.5 Å². The van der Waals surface area contributed by atoms with Crippen molar-refractivity contribution < 1.29 is 28.6 Å². The van der Waals surface area contributed by atoms with Gasteiger partial charge >= 0.3 is 11.9 Å². The fourth-order valence-electron chi connectivity index (χ4n) is 4.12. The number of hydrogen-bond acceptors (Lipinski definition) is 7. The molecule has 0 aliphatic rings. The third-order valence-electron chi connectivity index (χ3n) is 6.35.